The molecule has 0 saturated heterocycles. The number of para-hydroxylation sites is 2. The summed E-state index contributed by atoms with van der Waals surface area (Å²) in [7, 11) is 0. The van der Waals surface area contributed by atoms with Gasteiger partial charge in [-0.05, 0) is 52.0 Å². The Morgan fingerprint density at radius 1 is 1.08 bits per heavy atom. The van der Waals surface area contributed by atoms with E-state index in [2.05, 4.69) is 15.0 Å². The summed E-state index contributed by atoms with van der Waals surface area (Å²) < 4.78 is 40.7. The van der Waals surface area contributed by atoms with Gasteiger partial charge in [-0.25, -0.2) is 18.7 Å². The topological polar surface area (TPSA) is 82.4 Å². The van der Waals surface area contributed by atoms with E-state index in [1.807, 2.05) is 6.92 Å². The van der Waals surface area contributed by atoms with E-state index < -0.39 is 29.0 Å². The van der Waals surface area contributed by atoms with Crippen LogP contribution < -0.4 is 9.64 Å². The maximum Gasteiger partial charge on any atom is 0.326 e. The fraction of sp³-hybridized carbons (Fsp3) is 0.280. The molecular formula is C25H24ClF2N5O3. The standard InChI is InChI=1S/C25H24ClF2N5O3/c1-5-32-22-18(13-29-23(31-22)35-21-16(27)10-8-11-17(21)28)30-24(32)33(14-20(34)36-25(2,3)4)19-12-7-6-9-15(19)26/h6-13H,5,14H2,1-4H3. The molecule has 36 heavy (non-hydrogen) atoms. The van der Waals surface area contributed by atoms with Crippen molar-refractivity contribution in [2.45, 2.75) is 39.8 Å². The predicted molar refractivity (Wildman–Crippen MR) is 132 cm³/mol. The van der Waals surface area contributed by atoms with Gasteiger partial charge in [0.1, 0.15) is 17.7 Å². The van der Waals surface area contributed by atoms with Crippen molar-refractivity contribution in [1.82, 2.24) is 19.5 Å². The SMILES string of the molecule is CCn1c(N(CC(=O)OC(C)(C)C)c2ccccc2Cl)nc2cnc(Oc3c(F)cccc3F)nc21. The van der Waals surface area contributed by atoms with Crippen LogP contribution in [-0.4, -0.2) is 37.6 Å². The number of nitrogens with zero attached hydrogens (tertiary/aromatic N) is 5. The van der Waals surface area contributed by atoms with Crippen molar-refractivity contribution in [1.29, 1.82) is 0 Å². The van der Waals surface area contributed by atoms with E-state index in [0.29, 0.717) is 34.4 Å². The van der Waals surface area contributed by atoms with E-state index in [4.69, 9.17) is 21.1 Å². The van der Waals surface area contributed by atoms with Gasteiger partial charge in [-0.1, -0.05) is 29.8 Å². The summed E-state index contributed by atoms with van der Waals surface area (Å²) in [5.74, 6) is -2.50. The first-order valence-corrected chi connectivity index (χ1v) is 11.5. The average Bonchev–Trinajstić information content (AvgIpc) is 3.17. The molecule has 0 N–H and O–H groups in total. The van der Waals surface area contributed by atoms with Crippen LogP contribution in [-0.2, 0) is 16.1 Å². The Bertz CT molecular complexity index is 1400. The number of carbonyl (C=O) groups excluding carboxylic acids is 1. The van der Waals surface area contributed by atoms with Crippen LogP contribution >= 0.6 is 11.6 Å². The average molecular weight is 516 g/mol. The maximum atomic E-state index is 14.1. The fourth-order valence-corrected chi connectivity index (χ4v) is 3.78. The van der Waals surface area contributed by atoms with Crippen molar-refractivity contribution < 1.29 is 23.0 Å². The molecule has 0 atom stereocenters. The molecule has 0 aliphatic rings. The Kier molecular flexibility index (Phi) is 7.07. The minimum atomic E-state index is -0.884. The molecule has 0 bridgehead atoms. The monoisotopic (exact) mass is 515 g/mol. The third kappa shape index (κ3) is 5.38. The molecule has 0 fully saturated rings. The van der Waals surface area contributed by atoms with Crippen LogP contribution in [0.1, 0.15) is 27.7 Å². The summed E-state index contributed by atoms with van der Waals surface area (Å²) >= 11 is 6.47. The molecule has 0 spiro atoms. The Morgan fingerprint density at radius 3 is 2.42 bits per heavy atom. The second-order valence-electron chi connectivity index (χ2n) is 8.79. The summed E-state index contributed by atoms with van der Waals surface area (Å²) in [6.07, 6.45) is 1.38. The molecular weight excluding hydrogens is 492 g/mol. The second-order valence-corrected chi connectivity index (χ2v) is 9.20. The number of benzene rings is 2. The number of fused-ring (bicyclic) bond motifs is 1. The fourth-order valence-electron chi connectivity index (χ4n) is 3.55. The van der Waals surface area contributed by atoms with Gasteiger partial charge in [-0.2, -0.15) is 4.98 Å². The van der Waals surface area contributed by atoms with Crippen LogP contribution in [0, 0.1) is 11.6 Å². The molecule has 8 nitrogen and oxygen atoms in total. The maximum absolute atomic E-state index is 14.1. The number of hydrogen-bond donors (Lipinski definition) is 0. The second kappa shape index (κ2) is 10.1. The number of ether oxygens (including phenoxy) is 2. The number of carbonyl (C=O) groups is 1. The van der Waals surface area contributed by atoms with Gasteiger partial charge in [0.05, 0.1) is 16.9 Å². The number of rotatable bonds is 7. The molecule has 0 aliphatic heterocycles. The van der Waals surface area contributed by atoms with Crippen molar-refractivity contribution in [3.05, 3.63) is 65.3 Å². The van der Waals surface area contributed by atoms with E-state index in [-0.39, 0.29) is 12.6 Å². The molecule has 0 unspecified atom stereocenters. The minimum Gasteiger partial charge on any atom is -0.459 e. The van der Waals surface area contributed by atoms with Gasteiger partial charge < -0.3 is 9.47 Å². The molecule has 2 aromatic carbocycles. The van der Waals surface area contributed by atoms with Crippen LogP contribution in [0.4, 0.5) is 20.4 Å². The highest BCUT2D eigenvalue weighted by atomic mass is 35.5. The lowest BCUT2D eigenvalue weighted by atomic mass is 10.2. The Balaban J connectivity index is 1.79. The van der Waals surface area contributed by atoms with Gasteiger partial charge in [0.2, 0.25) is 11.7 Å². The van der Waals surface area contributed by atoms with Crippen LogP contribution in [0.5, 0.6) is 11.8 Å². The number of imidazole rings is 1. The molecule has 0 radical (unpaired) electrons. The lowest BCUT2D eigenvalue weighted by molar-refractivity contribution is -0.152. The first-order chi connectivity index (χ1) is 17.1. The van der Waals surface area contributed by atoms with Gasteiger partial charge in [0.25, 0.3) is 0 Å². The first-order valence-electron chi connectivity index (χ1n) is 11.2. The smallest absolute Gasteiger partial charge is 0.326 e. The van der Waals surface area contributed by atoms with Crippen molar-refractivity contribution >= 4 is 40.4 Å². The summed E-state index contributed by atoms with van der Waals surface area (Å²) in [5, 5.41) is 0.404. The molecule has 4 aromatic rings. The Labute approximate surface area is 211 Å². The van der Waals surface area contributed by atoms with Crippen molar-refractivity contribution in [2.75, 3.05) is 11.4 Å². The zero-order valence-corrected chi connectivity index (χ0v) is 20.9. The largest absolute Gasteiger partial charge is 0.459 e. The van der Waals surface area contributed by atoms with E-state index in [1.54, 1.807) is 54.5 Å². The predicted octanol–water partition coefficient (Wildman–Crippen LogP) is 6.05. The number of esters is 1. The molecule has 188 valence electrons. The number of halogens is 3. The van der Waals surface area contributed by atoms with Gasteiger partial charge in [-0.3, -0.25) is 14.3 Å². The first kappa shape index (κ1) is 25.3. The number of aryl methyl sites for hydroxylation is 1. The molecule has 4 rings (SSSR count). The number of aromatic nitrogens is 4. The highest BCUT2D eigenvalue weighted by Gasteiger charge is 2.26. The van der Waals surface area contributed by atoms with E-state index in [1.165, 1.54) is 12.3 Å². The molecule has 0 amide bonds. The Morgan fingerprint density at radius 2 is 1.78 bits per heavy atom. The Hall–Kier alpha value is -3.79. The third-order valence-electron chi connectivity index (χ3n) is 4.97. The van der Waals surface area contributed by atoms with Crippen molar-refractivity contribution in [2.24, 2.45) is 0 Å². The lowest BCUT2D eigenvalue weighted by Crippen LogP contribution is -2.34. The van der Waals surface area contributed by atoms with Crippen LogP contribution in [0.15, 0.2) is 48.7 Å². The molecule has 0 saturated carbocycles. The molecule has 11 heteroatoms. The van der Waals surface area contributed by atoms with Gasteiger partial charge in [0.15, 0.2) is 17.3 Å². The summed E-state index contributed by atoms with van der Waals surface area (Å²) in [6, 6.07) is 10.1. The van der Waals surface area contributed by atoms with E-state index in [9.17, 15) is 13.6 Å². The number of anilines is 2. The van der Waals surface area contributed by atoms with Gasteiger partial charge >= 0.3 is 12.0 Å². The molecule has 0 aliphatic carbocycles. The zero-order valence-electron chi connectivity index (χ0n) is 20.1. The minimum absolute atomic E-state index is 0.179. The van der Waals surface area contributed by atoms with Crippen molar-refractivity contribution in [3.63, 3.8) is 0 Å². The summed E-state index contributed by atoms with van der Waals surface area (Å²) in [5.41, 5.74) is 0.575. The number of hydrogen-bond acceptors (Lipinski definition) is 7. The molecule has 2 heterocycles. The summed E-state index contributed by atoms with van der Waals surface area (Å²) in [6.45, 7) is 7.42. The summed E-state index contributed by atoms with van der Waals surface area (Å²) in [4.78, 5) is 27.4. The normalized spacial score (nSPS) is 11.5. The lowest BCUT2D eigenvalue weighted by Gasteiger charge is -2.27. The van der Waals surface area contributed by atoms with Crippen LogP contribution in [0.3, 0.4) is 0 Å². The van der Waals surface area contributed by atoms with Gasteiger partial charge in [-0.15, -0.1) is 0 Å². The van der Waals surface area contributed by atoms with Crippen molar-refractivity contribution in [3.8, 4) is 11.8 Å². The van der Waals surface area contributed by atoms with Crippen LogP contribution in [0.25, 0.3) is 11.2 Å². The third-order valence-corrected chi connectivity index (χ3v) is 5.29. The molecule has 2 aromatic heterocycles. The van der Waals surface area contributed by atoms with Crippen LogP contribution in [0.2, 0.25) is 5.02 Å². The van der Waals surface area contributed by atoms with E-state index >= 15 is 0 Å². The van der Waals surface area contributed by atoms with Gasteiger partial charge in [0, 0.05) is 6.54 Å². The zero-order chi connectivity index (χ0) is 26.0. The van der Waals surface area contributed by atoms with E-state index in [0.717, 1.165) is 12.1 Å². The highest BCUT2D eigenvalue weighted by Crippen LogP contribution is 2.34. The highest BCUT2D eigenvalue weighted by molar-refractivity contribution is 6.33. The quantitative estimate of drug-likeness (QED) is 0.277.